The van der Waals surface area contributed by atoms with Gasteiger partial charge in [0.1, 0.15) is 5.75 Å². The summed E-state index contributed by atoms with van der Waals surface area (Å²) in [6, 6.07) is 15.1. The maximum absolute atomic E-state index is 12.3. The van der Waals surface area contributed by atoms with Gasteiger partial charge in [-0.1, -0.05) is 23.4 Å². The summed E-state index contributed by atoms with van der Waals surface area (Å²) in [5.41, 5.74) is 2.72. The van der Waals surface area contributed by atoms with Crippen molar-refractivity contribution < 1.29 is 9.53 Å². The van der Waals surface area contributed by atoms with Gasteiger partial charge in [0.2, 0.25) is 0 Å². The normalized spacial score (nSPS) is 16.4. The Kier molecular flexibility index (Phi) is 4.27. The van der Waals surface area contributed by atoms with Crippen LogP contribution in [0, 0.1) is 0 Å². The maximum atomic E-state index is 12.3. The van der Waals surface area contributed by atoms with Crippen molar-refractivity contribution >= 4 is 11.7 Å². The van der Waals surface area contributed by atoms with Crippen LogP contribution >= 0.6 is 0 Å². The summed E-state index contributed by atoms with van der Waals surface area (Å²) in [5.74, 6) is 1.04. The summed E-state index contributed by atoms with van der Waals surface area (Å²) >= 11 is 0. The number of amides is 2. The van der Waals surface area contributed by atoms with Crippen molar-refractivity contribution in [2.45, 2.75) is 18.9 Å². The maximum Gasteiger partial charge on any atom is 0.319 e. The molecule has 132 valence electrons. The molecule has 1 aliphatic heterocycles. The third kappa shape index (κ3) is 3.23. The Balaban J connectivity index is 1.37. The summed E-state index contributed by atoms with van der Waals surface area (Å²) in [4.78, 5) is 12.3. The fraction of sp³-hybridized carbons (Fsp3) is 0.211. The number of anilines is 1. The van der Waals surface area contributed by atoms with Crippen LogP contribution in [0.3, 0.4) is 0 Å². The summed E-state index contributed by atoms with van der Waals surface area (Å²) in [6.07, 6.45) is 3.38. The quantitative estimate of drug-likeness (QED) is 0.759. The Morgan fingerprint density at radius 2 is 2.04 bits per heavy atom. The van der Waals surface area contributed by atoms with Crippen LogP contribution in [0.25, 0.3) is 5.69 Å². The lowest BCUT2D eigenvalue weighted by Gasteiger charge is -2.20. The van der Waals surface area contributed by atoms with E-state index in [0.29, 0.717) is 12.3 Å². The molecule has 1 aromatic heterocycles. The fourth-order valence-electron chi connectivity index (χ4n) is 3.12. The lowest BCUT2D eigenvalue weighted by Crippen LogP contribution is -2.40. The van der Waals surface area contributed by atoms with E-state index < -0.39 is 0 Å². The zero-order valence-corrected chi connectivity index (χ0v) is 14.3. The van der Waals surface area contributed by atoms with E-state index in [2.05, 4.69) is 20.9 Å². The van der Waals surface area contributed by atoms with Gasteiger partial charge in [-0.2, -0.15) is 0 Å². The van der Waals surface area contributed by atoms with Gasteiger partial charge in [0, 0.05) is 23.2 Å². The zero-order chi connectivity index (χ0) is 17.9. The van der Waals surface area contributed by atoms with E-state index in [9.17, 15) is 4.79 Å². The molecule has 0 saturated carbocycles. The number of carbonyl (C=O) groups excluding carboxylic acids is 1. The number of benzene rings is 2. The lowest BCUT2D eigenvalue weighted by molar-refractivity contribution is 0.244. The number of para-hydroxylation sites is 1. The molecule has 0 bridgehead atoms. The van der Waals surface area contributed by atoms with Crippen LogP contribution in [0.4, 0.5) is 10.5 Å². The van der Waals surface area contributed by atoms with Gasteiger partial charge in [-0.3, -0.25) is 0 Å². The van der Waals surface area contributed by atoms with Gasteiger partial charge in [0.15, 0.2) is 0 Å². The van der Waals surface area contributed by atoms with E-state index in [-0.39, 0.29) is 18.0 Å². The van der Waals surface area contributed by atoms with Gasteiger partial charge in [0.25, 0.3) is 0 Å². The molecule has 0 fully saturated rings. The van der Waals surface area contributed by atoms with Crippen LogP contribution in [-0.2, 0) is 0 Å². The molecule has 2 heterocycles. The molecule has 3 aromatic rings. The summed E-state index contributed by atoms with van der Waals surface area (Å²) in [6.45, 7) is 2.57. The van der Waals surface area contributed by atoms with E-state index >= 15 is 0 Å². The van der Waals surface area contributed by atoms with Crippen LogP contribution in [0.1, 0.15) is 18.4 Å². The molecule has 2 N–H and O–H groups in total. The third-order valence-corrected chi connectivity index (χ3v) is 4.51. The lowest BCUT2D eigenvalue weighted by atomic mass is 9.94. The van der Waals surface area contributed by atoms with Crippen molar-refractivity contribution in [2.24, 2.45) is 0 Å². The van der Waals surface area contributed by atoms with Crippen molar-refractivity contribution in [3.05, 3.63) is 66.5 Å². The second kappa shape index (κ2) is 6.87. The molecule has 0 radical (unpaired) electrons. The minimum atomic E-state index is -0.240. The number of aromatic nitrogens is 3. The first kappa shape index (κ1) is 16.1. The number of fused-ring (bicyclic) bond motifs is 1. The van der Waals surface area contributed by atoms with Crippen LogP contribution in [0.5, 0.6) is 5.75 Å². The second-order valence-electron chi connectivity index (χ2n) is 6.24. The van der Waals surface area contributed by atoms with E-state index in [4.69, 9.17) is 4.74 Å². The average molecular weight is 349 g/mol. The van der Waals surface area contributed by atoms with Crippen molar-refractivity contribution in [2.75, 3.05) is 11.9 Å². The number of ether oxygens (including phenoxy) is 1. The minimum Gasteiger partial charge on any atom is -0.493 e. The first-order chi connectivity index (χ1) is 12.7. The molecule has 7 heteroatoms. The minimum absolute atomic E-state index is 0.0481. The second-order valence-corrected chi connectivity index (χ2v) is 6.24. The van der Waals surface area contributed by atoms with Crippen LogP contribution in [0.15, 0.2) is 60.9 Å². The summed E-state index contributed by atoms with van der Waals surface area (Å²) < 4.78 is 7.35. The highest BCUT2D eigenvalue weighted by atomic mass is 16.5. The standard InChI is InChI=1S/C19H19N5O2/c1-13(17-12-26-18-5-3-2-4-16(17)18)21-19(25)22-14-6-8-15(9-7-14)24-11-10-20-23-24/h2-11,13,17H,12H2,1H3,(H2,21,22,25)/t13-,17-/m0/s1. The predicted octanol–water partition coefficient (Wildman–Crippen LogP) is 2.95. The molecule has 4 rings (SSSR count). The Morgan fingerprint density at radius 1 is 1.23 bits per heavy atom. The van der Waals surface area contributed by atoms with Crippen molar-refractivity contribution in [3.8, 4) is 11.4 Å². The molecule has 2 aromatic carbocycles. The van der Waals surface area contributed by atoms with E-state index in [0.717, 1.165) is 17.0 Å². The number of hydrogen-bond acceptors (Lipinski definition) is 4. The van der Waals surface area contributed by atoms with Gasteiger partial charge in [-0.25, -0.2) is 9.48 Å². The molecule has 0 unspecified atom stereocenters. The van der Waals surface area contributed by atoms with E-state index in [1.807, 2.05) is 55.5 Å². The first-order valence-corrected chi connectivity index (χ1v) is 8.47. The molecular weight excluding hydrogens is 330 g/mol. The van der Waals surface area contributed by atoms with E-state index in [1.54, 1.807) is 17.1 Å². The van der Waals surface area contributed by atoms with E-state index in [1.165, 1.54) is 0 Å². The van der Waals surface area contributed by atoms with Gasteiger partial charge < -0.3 is 15.4 Å². The molecule has 0 saturated heterocycles. The fourth-order valence-corrected chi connectivity index (χ4v) is 3.12. The molecule has 0 aliphatic carbocycles. The number of rotatable bonds is 4. The Bertz CT molecular complexity index is 893. The smallest absolute Gasteiger partial charge is 0.319 e. The van der Waals surface area contributed by atoms with Crippen molar-refractivity contribution in [1.82, 2.24) is 20.3 Å². The highest BCUT2D eigenvalue weighted by Crippen LogP contribution is 2.35. The number of nitrogens with zero attached hydrogens (tertiary/aromatic N) is 3. The van der Waals surface area contributed by atoms with Gasteiger partial charge in [-0.15, -0.1) is 5.10 Å². The molecule has 2 amide bonds. The molecular formula is C19H19N5O2. The summed E-state index contributed by atoms with van der Waals surface area (Å²) in [5, 5.41) is 13.6. The number of urea groups is 1. The van der Waals surface area contributed by atoms with Gasteiger partial charge >= 0.3 is 6.03 Å². The highest BCUT2D eigenvalue weighted by molar-refractivity contribution is 5.89. The van der Waals surface area contributed by atoms with Crippen LogP contribution in [0.2, 0.25) is 0 Å². The van der Waals surface area contributed by atoms with Crippen LogP contribution < -0.4 is 15.4 Å². The molecule has 26 heavy (non-hydrogen) atoms. The van der Waals surface area contributed by atoms with Gasteiger partial charge in [0.05, 0.1) is 24.7 Å². The predicted molar refractivity (Wildman–Crippen MR) is 97.7 cm³/mol. The SMILES string of the molecule is C[C@H](NC(=O)Nc1ccc(-n2ccnn2)cc1)[C@@H]1COc2ccccc21. The first-order valence-electron chi connectivity index (χ1n) is 8.47. The Hall–Kier alpha value is -3.35. The molecule has 7 nitrogen and oxygen atoms in total. The number of carbonyl (C=O) groups is 1. The third-order valence-electron chi connectivity index (χ3n) is 4.51. The van der Waals surface area contributed by atoms with Crippen molar-refractivity contribution in [3.63, 3.8) is 0 Å². The van der Waals surface area contributed by atoms with Gasteiger partial charge in [-0.05, 0) is 37.3 Å². The number of hydrogen-bond donors (Lipinski definition) is 2. The highest BCUT2D eigenvalue weighted by Gasteiger charge is 2.29. The monoisotopic (exact) mass is 349 g/mol. The average Bonchev–Trinajstić information content (AvgIpc) is 3.32. The largest absolute Gasteiger partial charge is 0.493 e. The zero-order valence-electron chi connectivity index (χ0n) is 14.3. The number of nitrogens with one attached hydrogen (secondary N) is 2. The topological polar surface area (TPSA) is 81.1 Å². The van der Waals surface area contributed by atoms with Crippen molar-refractivity contribution in [1.29, 1.82) is 0 Å². The molecule has 2 atom stereocenters. The Morgan fingerprint density at radius 3 is 2.81 bits per heavy atom. The van der Waals surface area contributed by atoms with Crippen LogP contribution in [-0.4, -0.2) is 33.7 Å². The summed E-state index contributed by atoms with van der Waals surface area (Å²) in [7, 11) is 0. The molecule has 1 aliphatic rings. The Labute approximate surface area is 151 Å². The molecule has 0 spiro atoms.